The predicted octanol–water partition coefficient (Wildman–Crippen LogP) is 3.52. The summed E-state index contributed by atoms with van der Waals surface area (Å²) in [6.07, 6.45) is 1.06. The van der Waals surface area contributed by atoms with E-state index in [9.17, 15) is 5.11 Å². The van der Waals surface area contributed by atoms with Crippen LogP contribution < -0.4 is 4.74 Å². The number of aliphatic hydroxyl groups is 1. The molecule has 1 rings (SSSR count). The molecule has 0 aliphatic heterocycles. The van der Waals surface area contributed by atoms with Crippen molar-refractivity contribution in [1.29, 1.82) is 0 Å². The van der Waals surface area contributed by atoms with E-state index in [2.05, 4.69) is 0 Å². The number of hydrogen-bond acceptors (Lipinski definition) is 2. The minimum absolute atomic E-state index is 0.366. The lowest BCUT2D eigenvalue weighted by Gasteiger charge is -2.12. The van der Waals surface area contributed by atoms with E-state index >= 15 is 0 Å². The van der Waals surface area contributed by atoms with Crippen LogP contribution in [0, 0.1) is 0 Å². The summed E-state index contributed by atoms with van der Waals surface area (Å²) in [6.45, 7) is 2.03. The molecular formula is C11H12Cl2O2. The summed E-state index contributed by atoms with van der Waals surface area (Å²) < 4.78 is 5.40. The first-order valence-corrected chi connectivity index (χ1v) is 5.32. The van der Waals surface area contributed by atoms with E-state index in [1.165, 1.54) is 5.54 Å². The van der Waals surface area contributed by atoms with Crippen LogP contribution in [0.2, 0.25) is 5.02 Å². The Morgan fingerprint density at radius 2 is 2.27 bits per heavy atom. The number of ether oxygens (including phenoxy) is 1. The highest BCUT2D eigenvalue weighted by molar-refractivity contribution is 6.30. The van der Waals surface area contributed by atoms with Crippen LogP contribution in [0.25, 0.3) is 0 Å². The predicted molar refractivity (Wildman–Crippen MR) is 62.6 cm³/mol. The zero-order valence-corrected chi connectivity index (χ0v) is 9.79. The van der Waals surface area contributed by atoms with Gasteiger partial charge in [0, 0.05) is 16.1 Å². The Bertz CT molecular complexity index is 348. The van der Waals surface area contributed by atoms with Crippen molar-refractivity contribution in [3.05, 3.63) is 40.4 Å². The van der Waals surface area contributed by atoms with Crippen LogP contribution in [0.1, 0.15) is 18.6 Å². The molecule has 15 heavy (non-hydrogen) atoms. The quantitative estimate of drug-likeness (QED) is 0.881. The first kappa shape index (κ1) is 12.4. The van der Waals surface area contributed by atoms with Gasteiger partial charge in [-0.05, 0) is 31.2 Å². The van der Waals surface area contributed by atoms with Gasteiger partial charge < -0.3 is 9.84 Å². The Morgan fingerprint density at radius 1 is 1.53 bits per heavy atom. The lowest BCUT2D eigenvalue weighted by Crippen LogP contribution is -2.00. The minimum Gasteiger partial charge on any atom is -0.489 e. The maximum Gasteiger partial charge on any atom is 0.125 e. The van der Waals surface area contributed by atoms with Crippen LogP contribution in [0.5, 0.6) is 5.75 Å². The number of hydrogen-bond donors (Lipinski definition) is 1. The van der Waals surface area contributed by atoms with Crippen molar-refractivity contribution < 1.29 is 9.84 Å². The Balaban J connectivity index is 2.85. The van der Waals surface area contributed by atoms with Gasteiger partial charge in [-0.2, -0.15) is 0 Å². The molecule has 1 aromatic rings. The van der Waals surface area contributed by atoms with Gasteiger partial charge in [0.05, 0.1) is 6.10 Å². The second-order valence-corrected chi connectivity index (χ2v) is 3.72. The molecule has 0 saturated heterocycles. The summed E-state index contributed by atoms with van der Waals surface area (Å²) in [5.41, 5.74) is 2.06. The molecule has 1 unspecified atom stereocenters. The summed E-state index contributed by atoms with van der Waals surface area (Å²) in [5, 5.41) is 10.1. The van der Waals surface area contributed by atoms with Crippen molar-refractivity contribution in [3.8, 4) is 5.75 Å². The standard InChI is InChI=1S/C11H12Cl2O2/c1-8(14)10-7-9(13)3-4-11(10)15-6-2-5-12/h2-5,7-8,14H,6H2,1H3. The van der Waals surface area contributed by atoms with Crippen molar-refractivity contribution in [2.24, 2.45) is 0 Å². The fourth-order valence-corrected chi connectivity index (χ4v) is 1.40. The van der Waals surface area contributed by atoms with E-state index in [-0.39, 0.29) is 0 Å². The lowest BCUT2D eigenvalue weighted by atomic mass is 10.1. The lowest BCUT2D eigenvalue weighted by molar-refractivity contribution is 0.193. The largest absolute Gasteiger partial charge is 0.489 e. The van der Waals surface area contributed by atoms with Crippen LogP contribution in [-0.4, -0.2) is 11.7 Å². The van der Waals surface area contributed by atoms with Gasteiger partial charge in [-0.15, -0.1) is 0 Å². The highest BCUT2D eigenvalue weighted by Gasteiger charge is 2.09. The highest BCUT2D eigenvalue weighted by atomic mass is 35.5. The molecule has 0 fully saturated rings. The van der Waals surface area contributed by atoms with Crippen molar-refractivity contribution in [1.82, 2.24) is 0 Å². The van der Waals surface area contributed by atoms with Gasteiger partial charge in [0.15, 0.2) is 0 Å². The Labute approximate surface area is 99.1 Å². The molecule has 0 bridgehead atoms. The van der Waals surface area contributed by atoms with Gasteiger partial charge in [-0.3, -0.25) is 0 Å². The third kappa shape index (κ3) is 3.74. The highest BCUT2D eigenvalue weighted by Crippen LogP contribution is 2.28. The van der Waals surface area contributed by atoms with Crippen LogP contribution in [0.15, 0.2) is 29.8 Å². The van der Waals surface area contributed by atoms with E-state index in [1.54, 1.807) is 31.2 Å². The maximum atomic E-state index is 9.50. The van der Waals surface area contributed by atoms with Crippen LogP contribution >= 0.6 is 23.2 Å². The van der Waals surface area contributed by atoms with Gasteiger partial charge in [-0.25, -0.2) is 0 Å². The summed E-state index contributed by atoms with van der Waals surface area (Å²) >= 11 is 11.2. The minimum atomic E-state index is -0.612. The van der Waals surface area contributed by atoms with Gasteiger partial charge in [0.25, 0.3) is 0 Å². The molecule has 0 saturated carbocycles. The first-order valence-electron chi connectivity index (χ1n) is 4.50. The molecule has 1 aromatic carbocycles. The third-order valence-corrected chi connectivity index (χ3v) is 2.26. The number of benzene rings is 1. The first-order chi connectivity index (χ1) is 7.15. The number of aliphatic hydroxyl groups excluding tert-OH is 1. The fraction of sp³-hybridized carbons (Fsp3) is 0.273. The van der Waals surface area contributed by atoms with Crippen molar-refractivity contribution in [2.75, 3.05) is 6.61 Å². The van der Waals surface area contributed by atoms with Crippen LogP contribution in [-0.2, 0) is 0 Å². The molecule has 2 nitrogen and oxygen atoms in total. The van der Waals surface area contributed by atoms with E-state index in [1.807, 2.05) is 0 Å². The van der Waals surface area contributed by atoms with Gasteiger partial charge >= 0.3 is 0 Å². The maximum absolute atomic E-state index is 9.50. The topological polar surface area (TPSA) is 29.5 Å². The molecule has 0 radical (unpaired) electrons. The normalized spacial score (nSPS) is 13.1. The molecule has 0 aliphatic carbocycles. The summed E-state index contributed by atoms with van der Waals surface area (Å²) in [4.78, 5) is 0. The van der Waals surface area contributed by atoms with E-state index in [0.717, 1.165) is 0 Å². The second-order valence-electron chi connectivity index (χ2n) is 3.03. The Kier molecular flexibility index (Phi) is 4.95. The SMILES string of the molecule is CC(O)c1cc(Cl)ccc1OCC=CCl. The molecule has 0 spiro atoms. The third-order valence-electron chi connectivity index (χ3n) is 1.85. The molecule has 0 heterocycles. The van der Waals surface area contributed by atoms with Crippen LogP contribution in [0.4, 0.5) is 0 Å². The molecule has 0 aromatic heterocycles. The van der Waals surface area contributed by atoms with Crippen molar-refractivity contribution in [3.63, 3.8) is 0 Å². The smallest absolute Gasteiger partial charge is 0.125 e. The Morgan fingerprint density at radius 3 is 2.87 bits per heavy atom. The number of halogens is 2. The molecule has 82 valence electrons. The van der Waals surface area contributed by atoms with Gasteiger partial charge in [-0.1, -0.05) is 23.2 Å². The fourth-order valence-electron chi connectivity index (χ4n) is 1.15. The summed E-state index contributed by atoms with van der Waals surface area (Å²) in [6, 6.07) is 5.13. The molecule has 1 N–H and O–H groups in total. The summed E-state index contributed by atoms with van der Waals surface area (Å²) in [5.74, 6) is 0.615. The van der Waals surface area contributed by atoms with E-state index in [4.69, 9.17) is 27.9 Å². The molecule has 0 aliphatic rings. The average molecular weight is 247 g/mol. The zero-order valence-electron chi connectivity index (χ0n) is 8.28. The molecule has 0 amide bonds. The molecule has 1 atom stereocenters. The van der Waals surface area contributed by atoms with Crippen LogP contribution in [0.3, 0.4) is 0 Å². The van der Waals surface area contributed by atoms with Gasteiger partial charge in [0.2, 0.25) is 0 Å². The van der Waals surface area contributed by atoms with E-state index < -0.39 is 6.10 Å². The zero-order chi connectivity index (χ0) is 11.3. The second kappa shape index (κ2) is 6.01. The van der Waals surface area contributed by atoms with E-state index in [0.29, 0.717) is 22.9 Å². The van der Waals surface area contributed by atoms with Gasteiger partial charge in [0.1, 0.15) is 12.4 Å². The monoisotopic (exact) mass is 246 g/mol. The summed E-state index contributed by atoms with van der Waals surface area (Å²) in [7, 11) is 0. The number of rotatable bonds is 4. The van der Waals surface area contributed by atoms with Crippen molar-refractivity contribution >= 4 is 23.2 Å². The Hall–Kier alpha value is -0.700. The molecule has 4 heteroatoms. The average Bonchev–Trinajstić information content (AvgIpc) is 2.20. The van der Waals surface area contributed by atoms with Crippen molar-refractivity contribution in [2.45, 2.75) is 13.0 Å². The molecular weight excluding hydrogens is 235 g/mol.